The molecule has 144 valence electrons. The Morgan fingerprint density at radius 2 is 2.11 bits per heavy atom. The van der Waals surface area contributed by atoms with Crippen molar-refractivity contribution in [2.45, 2.75) is 32.4 Å². The Hall–Kier alpha value is -2.18. The number of nitrogens with zero attached hydrogens (tertiary/aromatic N) is 2. The SMILES string of the molecule is CC(C)OCC1COc2ncc(Cc3ccc(F)cc3)cc2N1C(=O)CCl. The molecule has 3 rings (SSSR count). The molecule has 2 aromatic rings. The van der Waals surface area contributed by atoms with Gasteiger partial charge in [0.05, 0.1) is 18.8 Å². The van der Waals surface area contributed by atoms with E-state index in [0.717, 1.165) is 11.1 Å². The lowest BCUT2D eigenvalue weighted by atomic mass is 10.1. The van der Waals surface area contributed by atoms with Crippen LogP contribution in [0.1, 0.15) is 25.0 Å². The van der Waals surface area contributed by atoms with E-state index in [-0.39, 0.29) is 29.8 Å². The summed E-state index contributed by atoms with van der Waals surface area (Å²) in [5.74, 6) is -0.237. The number of ether oxygens (including phenoxy) is 2. The molecule has 27 heavy (non-hydrogen) atoms. The quantitative estimate of drug-likeness (QED) is 0.705. The molecular formula is C20H22ClFN2O3. The van der Waals surface area contributed by atoms with Gasteiger partial charge < -0.3 is 9.47 Å². The smallest absolute Gasteiger partial charge is 0.242 e. The maximum Gasteiger partial charge on any atom is 0.242 e. The molecule has 1 aromatic heterocycles. The minimum absolute atomic E-state index is 0.0438. The van der Waals surface area contributed by atoms with Crippen LogP contribution in [-0.4, -0.2) is 42.1 Å². The first-order valence-electron chi connectivity index (χ1n) is 8.83. The summed E-state index contributed by atoms with van der Waals surface area (Å²) in [4.78, 5) is 18.5. The highest BCUT2D eigenvalue weighted by molar-refractivity contribution is 6.29. The van der Waals surface area contributed by atoms with Gasteiger partial charge in [-0.05, 0) is 49.6 Å². The first-order chi connectivity index (χ1) is 13.0. The van der Waals surface area contributed by atoms with Gasteiger partial charge in [-0.15, -0.1) is 11.6 Å². The third-order valence-corrected chi connectivity index (χ3v) is 4.48. The van der Waals surface area contributed by atoms with E-state index in [9.17, 15) is 9.18 Å². The Morgan fingerprint density at radius 1 is 1.37 bits per heavy atom. The van der Waals surface area contributed by atoms with E-state index in [2.05, 4.69) is 4.98 Å². The average molecular weight is 393 g/mol. The summed E-state index contributed by atoms with van der Waals surface area (Å²) in [6.45, 7) is 4.52. The number of halogens is 2. The van der Waals surface area contributed by atoms with Gasteiger partial charge in [0.25, 0.3) is 0 Å². The van der Waals surface area contributed by atoms with Crippen molar-refractivity contribution in [2.75, 3.05) is 24.0 Å². The Balaban J connectivity index is 1.88. The number of aromatic nitrogens is 1. The number of anilines is 1. The number of alkyl halides is 1. The largest absolute Gasteiger partial charge is 0.474 e. The topological polar surface area (TPSA) is 51.7 Å². The standard InChI is InChI=1S/C20H22ClFN2O3/c1-13(2)26-11-17-12-27-20-18(24(17)19(25)9-21)8-15(10-23-20)7-14-3-5-16(22)6-4-14/h3-6,8,10,13,17H,7,9,11-12H2,1-2H3. The monoisotopic (exact) mass is 392 g/mol. The van der Waals surface area contributed by atoms with Crippen molar-refractivity contribution in [2.24, 2.45) is 0 Å². The van der Waals surface area contributed by atoms with Crippen LogP contribution in [0.2, 0.25) is 0 Å². The second-order valence-corrected chi connectivity index (χ2v) is 6.98. The van der Waals surface area contributed by atoms with E-state index in [1.54, 1.807) is 23.2 Å². The molecule has 1 unspecified atom stereocenters. The molecule has 0 saturated heterocycles. The minimum Gasteiger partial charge on any atom is -0.474 e. The highest BCUT2D eigenvalue weighted by atomic mass is 35.5. The Labute approximate surface area is 163 Å². The Morgan fingerprint density at radius 3 is 2.78 bits per heavy atom. The molecule has 0 aliphatic carbocycles. The van der Waals surface area contributed by atoms with Gasteiger partial charge in [-0.25, -0.2) is 9.37 Å². The summed E-state index contributed by atoms with van der Waals surface area (Å²) in [5, 5.41) is 0. The number of carbonyl (C=O) groups excluding carboxylic acids is 1. The molecule has 1 aliphatic heterocycles. The van der Waals surface area contributed by atoms with Crippen LogP contribution in [0.25, 0.3) is 0 Å². The molecule has 5 nitrogen and oxygen atoms in total. The van der Waals surface area contributed by atoms with E-state index in [1.165, 1.54) is 12.1 Å². The third-order valence-electron chi connectivity index (χ3n) is 4.25. The number of rotatable bonds is 6. The lowest BCUT2D eigenvalue weighted by molar-refractivity contribution is -0.117. The molecule has 0 radical (unpaired) electrons. The van der Waals surface area contributed by atoms with Crippen LogP contribution in [0.3, 0.4) is 0 Å². The molecule has 0 bridgehead atoms. The second-order valence-electron chi connectivity index (χ2n) is 6.72. The molecule has 0 fully saturated rings. The average Bonchev–Trinajstić information content (AvgIpc) is 2.67. The summed E-state index contributed by atoms with van der Waals surface area (Å²) >= 11 is 5.84. The molecule has 1 amide bonds. The highest BCUT2D eigenvalue weighted by Crippen LogP contribution is 2.33. The van der Waals surface area contributed by atoms with Gasteiger partial charge in [-0.3, -0.25) is 9.69 Å². The van der Waals surface area contributed by atoms with E-state index in [4.69, 9.17) is 21.1 Å². The normalized spacial score (nSPS) is 16.2. The molecule has 1 aliphatic rings. The van der Waals surface area contributed by atoms with Crippen molar-refractivity contribution in [3.05, 3.63) is 53.5 Å². The number of hydrogen-bond donors (Lipinski definition) is 0. The fourth-order valence-electron chi connectivity index (χ4n) is 2.98. The van der Waals surface area contributed by atoms with Crippen molar-refractivity contribution in [1.82, 2.24) is 4.98 Å². The number of benzene rings is 1. The van der Waals surface area contributed by atoms with E-state index >= 15 is 0 Å². The van der Waals surface area contributed by atoms with Crippen LogP contribution in [0.4, 0.5) is 10.1 Å². The fraction of sp³-hybridized carbons (Fsp3) is 0.400. The Bertz CT molecular complexity index is 798. The second kappa shape index (κ2) is 8.67. The summed E-state index contributed by atoms with van der Waals surface area (Å²) < 4.78 is 24.5. The highest BCUT2D eigenvalue weighted by Gasteiger charge is 2.33. The molecule has 1 aromatic carbocycles. The van der Waals surface area contributed by atoms with E-state index in [1.807, 2.05) is 19.9 Å². The van der Waals surface area contributed by atoms with Gasteiger partial charge in [-0.2, -0.15) is 0 Å². The zero-order chi connectivity index (χ0) is 19.4. The molecule has 1 atom stereocenters. The van der Waals surface area contributed by atoms with E-state index < -0.39 is 0 Å². The van der Waals surface area contributed by atoms with Crippen molar-refractivity contribution in [3.8, 4) is 5.88 Å². The summed E-state index contributed by atoms with van der Waals surface area (Å²) in [7, 11) is 0. The summed E-state index contributed by atoms with van der Waals surface area (Å²) in [5.41, 5.74) is 2.43. The lowest BCUT2D eigenvalue weighted by Crippen LogP contribution is -2.50. The number of hydrogen-bond acceptors (Lipinski definition) is 4. The first-order valence-corrected chi connectivity index (χ1v) is 9.37. The van der Waals surface area contributed by atoms with Crippen LogP contribution in [0.5, 0.6) is 5.88 Å². The van der Waals surface area contributed by atoms with Gasteiger partial charge in [0.15, 0.2) is 0 Å². The number of fused-ring (bicyclic) bond motifs is 1. The first kappa shape index (κ1) is 19.6. The predicted molar refractivity (Wildman–Crippen MR) is 102 cm³/mol. The van der Waals surface area contributed by atoms with Gasteiger partial charge in [-0.1, -0.05) is 12.1 Å². The van der Waals surface area contributed by atoms with Crippen LogP contribution in [0, 0.1) is 5.82 Å². The molecule has 0 N–H and O–H groups in total. The number of carbonyl (C=O) groups is 1. The van der Waals surface area contributed by atoms with Crippen molar-refractivity contribution < 1.29 is 18.7 Å². The van der Waals surface area contributed by atoms with Crippen molar-refractivity contribution in [1.29, 1.82) is 0 Å². The fourth-order valence-corrected chi connectivity index (χ4v) is 3.10. The van der Waals surface area contributed by atoms with Crippen LogP contribution >= 0.6 is 11.6 Å². The minimum atomic E-state index is -0.275. The lowest BCUT2D eigenvalue weighted by Gasteiger charge is -2.36. The van der Waals surface area contributed by atoms with Crippen LogP contribution < -0.4 is 9.64 Å². The number of pyridine rings is 1. The zero-order valence-corrected chi connectivity index (χ0v) is 16.1. The number of amides is 1. The van der Waals surface area contributed by atoms with Gasteiger partial charge in [0.1, 0.15) is 24.0 Å². The van der Waals surface area contributed by atoms with E-state index in [0.29, 0.717) is 31.2 Å². The molecule has 7 heteroatoms. The summed E-state index contributed by atoms with van der Waals surface area (Å²) in [6, 6.07) is 7.91. The third kappa shape index (κ3) is 4.76. The predicted octanol–water partition coefficient (Wildman–Crippen LogP) is 3.57. The zero-order valence-electron chi connectivity index (χ0n) is 15.3. The van der Waals surface area contributed by atoms with Crippen molar-refractivity contribution in [3.63, 3.8) is 0 Å². The summed E-state index contributed by atoms with van der Waals surface area (Å²) in [6.07, 6.45) is 2.31. The molecular weight excluding hydrogens is 371 g/mol. The van der Waals surface area contributed by atoms with Crippen LogP contribution in [-0.2, 0) is 16.0 Å². The molecule has 0 saturated carbocycles. The maximum atomic E-state index is 13.1. The van der Waals surface area contributed by atoms with Gasteiger partial charge >= 0.3 is 0 Å². The maximum absolute atomic E-state index is 13.1. The molecule has 0 spiro atoms. The van der Waals surface area contributed by atoms with Crippen LogP contribution in [0.15, 0.2) is 36.5 Å². The van der Waals surface area contributed by atoms with Gasteiger partial charge in [0.2, 0.25) is 11.8 Å². The Kier molecular flexibility index (Phi) is 6.29. The van der Waals surface area contributed by atoms with Gasteiger partial charge in [0, 0.05) is 6.20 Å². The molecule has 2 heterocycles. The van der Waals surface area contributed by atoms with Crippen molar-refractivity contribution >= 4 is 23.2 Å².